The third-order valence-electron chi connectivity index (χ3n) is 4.81. The van der Waals surface area contributed by atoms with Gasteiger partial charge in [-0.3, -0.25) is 4.79 Å². The number of ketones is 1. The van der Waals surface area contributed by atoms with Crippen molar-refractivity contribution in [1.82, 2.24) is 14.3 Å². The zero-order valence-corrected chi connectivity index (χ0v) is 17.6. The number of ether oxygens (including phenoxy) is 1. The summed E-state index contributed by atoms with van der Waals surface area (Å²) >= 11 is 0. The monoisotopic (exact) mass is 437 g/mol. The van der Waals surface area contributed by atoms with E-state index in [1.165, 1.54) is 28.9 Å². The highest BCUT2D eigenvalue weighted by molar-refractivity contribution is 7.88. The number of nitrogens with one attached hydrogen (secondary N) is 1. The van der Waals surface area contributed by atoms with Crippen LogP contribution < -0.4 is 15.8 Å². The quantitative estimate of drug-likeness (QED) is 0.626. The predicted octanol–water partition coefficient (Wildman–Crippen LogP) is 1.66. The maximum absolute atomic E-state index is 13.7. The fraction of sp³-hybridized carbons (Fsp3) is 0.421. The first-order valence-electron chi connectivity index (χ1n) is 9.50. The van der Waals surface area contributed by atoms with Crippen LogP contribution in [-0.2, 0) is 10.0 Å². The van der Waals surface area contributed by atoms with Gasteiger partial charge in [-0.15, -0.1) is 0 Å². The lowest BCUT2D eigenvalue weighted by Crippen LogP contribution is -2.42. The van der Waals surface area contributed by atoms with E-state index in [1.54, 1.807) is 6.92 Å². The van der Waals surface area contributed by atoms with Gasteiger partial charge in [0.2, 0.25) is 21.8 Å². The Bertz CT molecular complexity index is 1040. The number of hydrogen-bond donors (Lipinski definition) is 2. The molecule has 0 saturated carbocycles. The molecule has 1 aromatic carbocycles. The molecule has 0 unspecified atom stereocenters. The normalized spacial score (nSPS) is 15.7. The van der Waals surface area contributed by atoms with Crippen LogP contribution in [0.25, 0.3) is 0 Å². The third-order valence-corrected chi connectivity index (χ3v) is 6.11. The smallest absolute Gasteiger partial charge is 0.224 e. The number of carbonyl (C=O) groups is 1. The largest absolute Gasteiger partial charge is 0.493 e. The second kappa shape index (κ2) is 8.92. The van der Waals surface area contributed by atoms with E-state index in [9.17, 15) is 17.6 Å². The van der Waals surface area contributed by atoms with E-state index >= 15 is 0 Å². The van der Waals surface area contributed by atoms with Gasteiger partial charge in [0.05, 0.1) is 24.0 Å². The molecule has 2 aromatic rings. The molecule has 0 radical (unpaired) electrons. The lowest BCUT2D eigenvalue weighted by molar-refractivity contribution is 0.103. The number of carbonyl (C=O) groups excluding carboxylic acids is 1. The number of sulfonamides is 1. The van der Waals surface area contributed by atoms with Crippen LogP contribution in [0.2, 0.25) is 0 Å². The Labute approximate surface area is 174 Å². The fourth-order valence-electron chi connectivity index (χ4n) is 3.26. The number of nitrogens with zero attached hydrogens (tertiary/aromatic N) is 3. The lowest BCUT2D eigenvalue weighted by Gasteiger charge is -2.30. The molecule has 1 aliphatic rings. The van der Waals surface area contributed by atoms with Crippen LogP contribution in [0.15, 0.2) is 24.4 Å². The molecule has 9 nitrogen and oxygen atoms in total. The van der Waals surface area contributed by atoms with Crippen molar-refractivity contribution in [3.63, 3.8) is 0 Å². The predicted molar refractivity (Wildman–Crippen MR) is 111 cm³/mol. The molecule has 0 aliphatic carbocycles. The molecule has 0 bridgehead atoms. The maximum Gasteiger partial charge on any atom is 0.224 e. The number of halogens is 1. The third kappa shape index (κ3) is 5.03. The van der Waals surface area contributed by atoms with Gasteiger partial charge in [-0.25, -0.2) is 22.1 Å². The van der Waals surface area contributed by atoms with Gasteiger partial charge >= 0.3 is 0 Å². The molecule has 3 rings (SSSR count). The molecular formula is C19H24FN5O4S. The van der Waals surface area contributed by atoms with E-state index in [-0.39, 0.29) is 34.7 Å². The van der Waals surface area contributed by atoms with Gasteiger partial charge < -0.3 is 15.8 Å². The standard InChI is InChI=1S/C19H24FN5O4S/c1-3-29-16-5-4-12(20)10-14(16)17(26)15-11-22-19(24-18(15)21)23-13-6-8-25(9-7-13)30(2,27)28/h4-5,10-11,13H,3,6-9H2,1-2H3,(H3,21,22,23,24). The summed E-state index contributed by atoms with van der Waals surface area (Å²) in [5.74, 6) is -0.657. The van der Waals surface area contributed by atoms with Crippen LogP contribution in [0.3, 0.4) is 0 Å². The van der Waals surface area contributed by atoms with Gasteiger partial charge in [-0.05, 0) is 38.0 Å². The molecular weight excluding hydrogens is 413 g/mol. The Morgan fingerprint density at radius 1 is 1.33 bits per heavy atom. The van der Waals surface area contributed by atoms with Crippen molar-refractivity contribution >= 4 is 27.6 Å². The lowest BCUT2D eigenvalue weighted by atomic mass is 10.0. The first kappa shape index (κ1) is 21.9. The minimum Gasteiger partial charge on any atom is -0.493 e. The Balaban J connectivity index is 1.73. The zero-order valence-electron chi connectivity index (χ0n) is 16.8. The van der Waals surface area contributed by atoms with Gasteiger partial charge in [0, 0.05) is 25.3 Å². The van der Waals surface area contributed by atoms with Gasteiger partial charge in [0.25, 0.3) is 0 Å². The highest BCUT2D eigenvalue weighted by atomic mass is 32.2. The van der Waals surface area contributed by atoms with E-state index in [1.807, 2.05) is 0 Å². The van der Waals surface area contributed by atoms with Crippen molar-refractivity contribution in [3.05, 3.63) is 41.3 Å². The fourth-order valence-corrected chi connectivity index (χ4v) is 4.13. The number of rotatable bonds is 7. The van der Waals surface area contributed by atoms with Gasteiger partial charge in [-0.1, -0.05) is 0 Å². The van der Waals surface area contributed by atoms with Crippen LogP contribution in [0, 0.1) is 5.82 Å². The summed E-state index contributed by atoms with van der Waals surface area (Å²) < 4.78 is 43.7. The summed E-state index contributed by atoms with van der Waals surface area (Å²) in [5.41, 5.74) is 6.06. The topological polar surface area (TPSA) is 128 Å². The van der Waals surface area contributed by atoms with Crippen LogP contribution >= 0.6 is 0 Å². The van der Waals surface area contributed by atoms with Gasteiger partial charge in [-0.2, -0.15) is 4.98 Å². The summed E-state index contributed by atoms with van der Waals surface area (Å²) in [7, 11) is -3.20. The number of benzene rings is 1. The first-order chi connectivity index (χ1) is 14.2. The highest BCUT2D eigenvalue weighted by Crippen LogP contribution is 2.25. The number of piperidine rings is 1. The van der Waals surface area contributed by atoms with E-state index in [2.05, 4.69) is 15.3 Å². The molecule has 1 saturated heterocycles. The molecule has 162 valence electrons. The second-order valence-corrected chi connectivity index (χ2v) is 8.96. The van der Waals surface area contributed by atoms with E-state index in [0.717, 1.165) is 6.07 Å². The Hall–Kier alpha value is -2.79. The van der Waals surface area contributed by atoms with Crippen LogP contribution in [-0.4, -0.2) is 60.5 Å². The van der Waals surface area contributed by atoms with Crippen molar-refractivity contribution in [1.29, 1.82) is 0 Å². The number of nitrogen functional groups attached to an aromatic ring is 1. The van der Waals surface area contributed by atoms with Crippen molar-refractivity contribution in [2.45, 2.75) is 25.8 Å². The molecule has 1 aromatic heterocycles. The molecule has 1 fully saturated rings. The minimum atomic E-state index is -3.20. The van der Waals surface area contributed by atoms with E-state index in [0.29, 0.717) is 32.5 Å². The second-order valence-electron chi connectivity index (χ2n) is 6.98. The van der Waals surface area contributed by atoms with Crippen LogP contribution in [0.4, 0.5) is 16.2 Å². The van der Waals surface area contributed by atoms with E-state index < -0.39 is 21.6 Å². The molecule has 0 atom stereocenters. The van der Waals surface area contributed by atoms with Crippen LogP contribution in [0.1, 0.15) is 35.7 Å². The zero-order chi connectivity index (χ0) is 21.9. The molecule has 2 heterocycles. The summed E-state index contributed by atoms with van der Waals surface area (Å²) in [5, 5.41) is 3.12. The summed E-state index contributed by atoms with van der Waals surface area (Å²) in [6.45, 7) is 2.89. The van der Waals surface area contributed by atoms with Crippen molar-refractivity contribution in [2.24, 2.45) is 0 Å². The number of hydrogen-bond acceptors (Lipinski definition) is 8. The Morgan fingerprint density at radius 2 is 2.03 bits per heavy atom. The van der Waals surface area contributed by atoms with Crippen molar-refractivity contribution in [3.8, 4) is 5.75 Å². The molecule has 3 N–H and O–H groups in total. The average Bonchev–Trinajstić information content (AvgIpc) is 2.69. The molecule has 11 heteroatoms. The van der Waals surface area contributed by atoms with E-state index in [4.69, 9.17) is 10.5 Å². The number of nitrogens with two attached hydrogens (primary N) is 1. The van der Waals surface area contributed by atoms with Crippen molar-refractivity contribution < 1.29 is 22.3 Å². The Morgan fingerprint density at radius 3 is 2.63 bits per heavy atom. The van der Waals surface area contributed by atoms with Gasteiger partial charge in [0.1, 0.15) is 17.4 Å². The maximum atomic E-state index is 13.7. The minimum absolute atomic E-state index is 0.0169. The first-order valence-corrected chi connectivity index (χ1v) is 11.3. The highest BCUT2D eigenvalue weighted by Gasteiger charge is 2.26. The summed E-state index contributed by atoms with van der Waals surface area (Å²) in [6.07, 6.45) is 3.67. The SMILES string of the molecule is CCOc1ccc(F)cc1C(=O)c1cnc(NC2CCN(S(C)(=O)=O)CC2)nc1N. The molecule has 1 aliphatic heterocycles. The van der Waals surface area contributed by atoms with Gasteiger partial charge in [0.15, 0.2) is 0 Å². The average molecular weight is 437 g/mol. The summed E-state index contributed by atoms with van der Waals surface area (Å²) in [6, 6.07) is 3.68. The van der Waals surface area contributed by atoms with Crippen molar-refractivity contribution in [2.75, 3.05) is 37.0 Å². The summed E-state index contributed by atoms with van der Waals surface area (Å²) in [4.78, 5) is 21.2. The molecule has 30 heavy (non-hydrogen) atoms. The molecule has 0 amide bonds. The molecule has 0 spiro atoms. The van der Waals surface area contributed by atoms with Crippen LogP contribution in [0.5, 0.6) is 5.75 Å². The number of anilines is 2. The number of aromatic nitrogens is 2. The Kier molecular flexibility index (Phi) is 6.52.